The van der Waals surface area contributed by atoms with E-state index in [9.17, 15) is 61.3 Å². The van der Waals surface area contributed by atoms with Gasteiger partial charge in [0.2, 0.25) is 0 Å². The Hall–Kier alpha value is -0.720. The lowest BCUT2D eigenvalue weighted by molar-refractivity contribution is -0.377. The molecule has 0 unspecified atom stereocenters. The molecule has 0 bridgehead atoms. The first-order chi connectivity index (χ1) is 18.5. The Balaban J connectivity index is 1.72. The molecule has 12 N–H and O–H groups in total. The van der Waals surface area contributed by atoms with Gasteiger partial charge in [0.15, 0.2) is 18.9 Å². The van der Waals surface area contributed by atoms with Crippen LogP contribution in [0, 0.1) is 0 Å². The molecule has 3 saturated heterocycles. The van der Waals surface area contributed by atoms with E-state index in [1.165, 1.54) is 0 Å². The van der Waals surface area contributed by atoms with Gasteiger partial charge in [0, 0.05) is 0 Å². The normalized spacial score (nSPS) is 47.5. The summed E-state index contributed by atoms with van der Waals surface area (Å²) in [6.07, 6.45) is -26.5. The second kappa shape index (κ2) is 14.4. The van der Waals surface area contributed by atoms with Crippen molar-refractivity contribution in [1.82, 2.24) is 0 Å². The Morgan fingerprint density at radius 2 is 0.974 bits per heavy atom. The smallest absolute Gasteiger partial charge is 0.187 e. The Morgan fingerprint density at radius 3 is 1.51 bits per heavy atom. The first kappa shape index (κ1) is 32.8. The van der Waals surface area contributed by atoms with Gasteiger partial charge < -0.3 is 89.7 Å². The maximum Gasteiger partial charge on any atom is 0.187 e. The molecule has 3 aliphatic heterocycles. The van der Waals surface area contributed by atoms with Gasteiger partial charge in [-0.15, -0.1) is 0 Å². The average Bonchev–Trinajstić information content (AvgIpc) is 2.94. The Bertz CT molecular complexity index is 725. The minimum Gasteiger partial charge on any atom is -0.394 e. The van der Waals surface area contributed by atoms with Gasteiger partial charge in [-0.1, -0.05) is 0 Å². The van der Waals surface area contributed by atoms with E-state index in [1.54, 1.807) is 0 Å². The monoisotopic (exact) mass is 578 g/mol. The molecule has 0 radical (unpaired) electrons. The van der Waals surface area contributed by atoms with Crippen LogP contribution in [0.2, 0.25) is 0 Å². The van der Waals surface area contributed by atoms with Crippen molar-refractivity contribution in [3.05, 3.63) is 0 Å². The summed E-state index contributed by atoms with van der Waals surface area (Å²) in [7, 11) is 0. The van der Waals surface area contributed by atoms with Crippen molar-refractivity contribution < 1.29 is 89.7 Å². The highest BCUT2D eigenvalue weighted by molar-refractivity contribution is 4.95. The lowest BCUT2D eigenvalue weighted by Gasteiger charge is -2.46. The van der Waals surface area contributed by atoms with E-state index in [0.29, 0.717) is 0 Å². The molecule has 0 saturated carbocycles. The summed E-state index contributed by atoms with van der Waals surface area (Å²) in [5, 5.41) is 119. The molecule has 18 nitrogen and oxygen atoms in total. The van der Waals surface area contributed by atoms with Crippen LogP contribution in [0.4, 0.5) is 0 Å². The first-order valence-electron chi connectivity index (χ1n) is 12.3. The van der Waals surface area contributed by atoms with E-state index in [1.807, 2.05) is 0 Å². The third-order valence-corrected chi connectivity index (χ3v) is 6.79. The van der Waals surface area contributed by atoms with Crippen molar-refractivity contribution in [1.29, 1.82) is 0 Å². The van der Waals surface area contributed by atoms with Gasteiger partial charge in [0.05, 0.1) is 33.0 Å². The van der Waals surface area contributed by atoms with E-state index in [-0.39, 0.29) is 0 Å². The van der Waals surface area contributed by atoms with Gasteiger partial charge in [-0.05, 0) is 0 Å². The van der Waals surface area contributed by atoms with Crippen molar-refractivity contribution >= 4 is 0 Å². The van der Waals surface area contributed by atoms with Crippen LogP contribution in [-0.4, -0.2) is 193 Å². The second-order valence-electron chi connectivity index (χ2n) is 9.48. The highest BCUT2D eigenvalue weighted by atomic mass is 16.8. The summed E-state index contributed by atoms with van der Waals surface area (Å²) < 4.78 is 32.4. The molecular formula is C21H38O18. The molecule has 0 aromatic rings. The number of aliphatic hydroxyl groups is 12. The highest BCUT2D eigenvalue weighted by Crippen LogP contribution is 2.31. The van der Waals surface area contributed by atoms with E-state index >= 15 is 0 Å². The first-order valence-corrected chi connectivity index (χ1v) is 12.3. The maximum absolute atomic E-state index is 10.6. The van der Waals surface area contributed by atoms with Crippen LogP contribution in [-0.2, 0) is 28.4 Å². The summed E-state index contributed by atoms with van der Waals surface area (Å²) in [6, 6.07) is 0. The molecule has 15 atom stereocenters. The fourth-order valence-corrected chi connectivity index (χ4v) is 4.36. The Labute approximate surface area is 221 Å². The van der Waals surface area contributed by atoms with Crippen LogP contribution in [0.15, 0.2) is 0 Å². The summed E-state index contributed by atoms with van der Waals surface area (Å²) in [5.41, 5.74) is 0. The predicted molar refractivity (Wildman–Crippen MR) is 118 cm³/mol. The summed E-state index contributed by atoms with van der Waals surface area (Å²) >= 11 is 0. The third-order valence-electron chi connectivity index (χ3n) is 6.79. The van der Waals surface area contributed by atoms with Crippen molar-refractivity contribution in [3.8, 4) is 0 Å². The zero-order valence-electron chi connectivity index (χ0n) is 20.6. The quantitative estimate of drug-likeness (QED) is 0.108. The van der Waals surface area contributed by atoms with Gasteiger partial charge in [0.1, 0.15) is 79.4 Å². The maximum atomic E-state index is 10.6. The molecule has 230 valence electrons. The highest BCUT2D eigenvalue weighted by Gasteiger charge is 2.52. The van der Waals surface area contributed by atoms with Crippen molar-refractivity contribution in [3.63, 3.8) is 0 Å². The van der Waals surface area contributed by atoms with Crippen LogP contribution in [0.5, 0.6) is 0 Å². The Morgan fingerprint density at radius 1 is 0.513 bits per heavy atom. The molecule has 3 aliphatic rings. The van der Waals surface area contributed by atoms with Crippen LogP contribution >= 0.6 is 0 Å². The van der Waals surface area contributed by atoms with Crippen LogP contribution in [0.1, 0.15) is 0 Å². The largest absolute Gasteiger partial charge is 0.394 e. The number of aliphatic hydroxyl groups excluding tert-OH is 12. The lowest BCUT2D eigenvalue weighted by Crippen LogP contribution is -2.65. The SMILES string of the molecule is OCC(CO)O[C@H]1O[C@H](CO)[C@@H](O)[C@H](O)[C@H]1O[C@H]1O[C@H](CO[C@H]2O[C@H](CO)[C@@H](O)[C@H](O)[C@H]2O)[C@H](O)[C@H](O)[C@H]1O. The van der Waals surface area contributed by atoms with E-state index in [0.717, 1.165) is 0 Å². The second-order valence-corrected chi connectivity index (χ2v) is 9.48. The van der Waals surface area contributed by atoms with E-state index in [2.05, 4.69) is 0 Å². The molecule has 0 amide bonds. The molecular weight excluding hydrogens is 540 g/mol. The van der Waals surface area contributed by atoms with Crippen LogP contribution < -0.4 is 0 Å². The fraction of sp³-hybridized carbons (Fsp3) is 1.00. The van der Waals surface area contributed by atoms with Crippen molar-refractivity contribution in [2.45, 2.75) is 98.2 Å². The van der Waals surface area contributed by atoms with Gasteiger partial charge in [-0.3, -0.25) is 0 Å². The van der Waals surface area contributed by atoms with Gasteiger partial charge in [-0.2, -0.15) is 0 Å². The molecule has 18 heteroatoms. The Kier molecular flexibility index (Phi) is 12.1. The minimum absolute atomic E-state index is 0.649. The molecule has 39 heavy (non-hydrogen) atoms. The predicted octanol–water partition coefficient (Wildman–Crippen LogP) is -8.20. The van der Waals surface area contributed by atoms with E-state index < -0.39 is 131 Å². The number of ether oxygens (including phenoxy) is 6. The summed E-state index contributed by atoms with van der Waals surface area (Å²) in [5.74, 6) is 0. The third kappa shape index (κ3) is 7.20. The number of hydrogen-bond donors (Lipinski definition) is 12. The summed E-state index contributed by atoms with van der Waals surface area (Å²) in [6.45, 7) is -3.49. The topological polar surface area (TPSA) is 298 Å². The standard InChI is InChI=1S/C21H38O18/c22-1-6(2-23)35-21-18(15(31)11(27)8(4-25)37-21)39-20-17(33)14(30)12(28)9(38-20)5-34-19-16(32)13(29)10(26)7(3-24)36-19/h6-33H,1-5H2/t7-,8-,9-,10-,11-,12+,13+,14+,15+,16-,17-,18-,19+,20-,21+/m1/s1. The average molecular weight is 579 g/mol. The molecule has 3 rings (SSSR count). The molecule has 3 heterocycles. The molecule has 0 spiro atoms. The van der Waals surface area contributed by atoms with Crippen molar-refractivity contribution in [2.24, 2.45) is 0 Å². The van der Waals surface area contributed by atoms with Crippen molar-refractivity contribution in [2.75, 3.05) is 33.0 Å². The molecule has 3 fully saturated rings. The number of rotatable bonds is 11. The number of hydrogen-bond acceptors (Lipinski definition) is 18. The van der Waals surface area contributed by atoms with Crippen LogP contribution in [0.25, 0.3) is 0 Å². The van der Waals surface area contributed by atoms with Gasteiger partial charge >= 0.3 is 0 Å². The molecule has 0 aromatic carbocycles. The fourth-order valence-electron chi connectivity index (χ4n) is 4.36. The van der Waals surface area contributed by atoms with Gasteiger partial charge in [0.25, 0.3) is 0 Å². The molecule has 0 aliphatic carbocycles. The van der Waals surface area contributed by atoms with Gasteiger partial charge in [-0.25, -0.2) is 0 Å². The van der Waals surface area contributed by atoms with E-state index in [4.69, 9.17) is 28.4 Å². The summed E-state index contributed by atoms with van der Waals surface area (Å²) in [4.78, 5) is 0. The minimum atomic E-state index is -1.93. The zero-order chi connectivity index (χ0) is 29.0. The van der Waals surface area contributed by atoms with Crippen LogP contribution in [0.3, 0.4) is 0 Å². The zero-order valence-corrected chi connectivity index (χ0v) is 20.6. The lowest BCUT2D eigenvalue weighted by atomic mass is 9.97. The molecule has 0 aromatic heterocycles.